The van der Waals surface area contributed by atoms with Crippen LogP contribution in [0.5, 0.6) is 0 Å². The average molecular weight is 280 g/mol. The van der Waals surface area contributed by atoms with Crippen molar-refractivity contribution in [3.63, 3.8) is 0 Å². The van der Waals surface area contributed by atoms with Crippen LogP contribution in [0.1, 0.15) is 32.1 Å². The molecule has 0 aromatic heterocycles. The van der Waals surface area contributed by atoms with E-state index in [4.69, 9.17) is 0 Å². The molecule has 2 aliphatic rings. The molecule has 0 amide bonds. The molecule has 0 spiro atoms. The van der Waals surface area contributed by atoms with Gasteiger partial charge in [-0.05, 0) is 44.7 Å². The van der Waals surface area contributed by atoms with E-state index in [1.807, 2.05) is 0 Å². The summed E-state index contributed by atoms with van der Waals surface area (Å²) in [6.45, 7) is 1.01. The lowest BCUT2D eigenvalue weighted by atomic mass is 10.0. The number of rotatable bonds is 4. The van der Waals surface area contributed by atoms with Crippen LogP contribution in [0.2, 0.25) is 0 Å². The molecule has 2 atom stereocenters. The topological polar surface area (TPSA) is 35.5 Å². The number of alkyl halides is 3. The minimum Gasteiger partial charge on any atom is -0.393 e. The summed E-state index contributed by atoms with van der Waals surface area (Å²) in [6, 6.07) is 0.303. The third-order valence-corrected chi connectivity index (χ3v) is 4.28. The van der Waals surface area contributed by atoms with Crippen molar-refractivity contribution in [3.05, 3.63) is 0 Å². The van der Waals surface area contributed by atoms with Gasteiger partial charge < -0.3 is 10.4 Å². The molecule has 2 rings (SSSR count). The standard InChI is InChI=1S/C13H23F3N2O/c14-13(15,16)9-18-6-4-11(5-7-18)17-8-10-2-1-3-12(10)19/h10-12,17,19H,1-9H2. The van der Waals surface area contributed by atoms with Gasteiger partial charge in [-0.3, -0.25) is 4.90 Å². The summed E-state index contributed by atoms with van der Waals surface area (Å²) >= 11 is 0. The Balaban J connectivity index is 1.63. The predicted molar refractivity (Wildman–Crippen MR) is 66.9 cm³/mol. The molecule has 3 nitrogen and oxygen atoms in total. The number of likely N-dealkylation sites (tertiary alicyclic amines) is 1. The molecule has 1 saturated heterocycles. The van der Waals surface area contributed by atoms with Crippen LogP contribution < -0.4 is 5.32 Å². The van der Waals surface area contributed by atoms with Gasteiger partial charge in [0.1, 0.15) is 0 Å². The third-order valence-electron chi connectivity index (χ3n) is 4.28. The Hall–Kier alpha value is -0.330. The Morgan fingerprint density at radius 1 is 1.11 bits per heavy atom. The number of piperidine rings is 1. The van der Waals surface area contributed by atoms with Crippen molar-refractivity contribution in [1.82, 2.24) is 10.2 Å². The summed E-state index contributed by atoms with van der Waals surface area (Å²) in [5.41, 5.74) is 0. The van der Waals surface area contributed by atoms with Gasteiger partial charge in [0.2, 0.25) is 0 Å². The van der Waals surface area contributed by atoms with E-state index in [9.17, 15) is 18.3 Å². The molecule has 1 aliphatic heterocycles. The zero-order valence-corrected chi connectivity index (χ0v) is 11.1. The van der Waals surface area contributed by atoms with Crippen molar-refractivity contribution in [2.24, 2.45) is 5.92 Å². The lowest BCUT2D eigenvalue weighted by Crippen LogP contribution is -2.46. The minimum absolute atomic E-state index is 0.196. The number of nitrogens with one attached hydrogen (secondary N) is 1. The van der Waals surface area contributed by atoms with E-state index >= 15 is 0 Å². The molecule has 2 unspecified atom stereocenters. The molecule has 1 aliphatic carbocycles. The van der Waals surface area contributed by atoms with Crippen LogP contribution in [-0.2, 0) is 0 Å². The molecule has 0 aromatic carbocycles. The van der Waals surface area contributed by atoms with Crippen molar-refractivity contribution in [3.8, 4) is 0 Å². The first kappa shape index (κ1) is 15.1. The van der Waals surface area contributed by atoms with Gasteiger partial charge in [0.15, 0.2) is 0 Å². The molecule has 1 saturated carbocycles. The van der Waals surface area contributed by atoms with Crippen LogP contribution in [0.4, 0.5) is 13.2 Å². The summed E-state index contributed by atoms with van der Waals surface area (Å²) in [6.07, 6.45) is 0.263. The Morgan fingerprint density at radius 2 is 1.79 bits per heavy atom. The smallest absolute Gasteiger partial charge is 0.393 e. The molecular formula is C13H23F3N2O. The van der Waals surface area contributed by atoms with Crippen molar-refractivity contribution >= 4 is 0 Å². The highest BCUT2D eigenvalue weighted by Gasteiger charge is 2.33. The molecule has 6 heteroatoms. The van der Waals surface area contributed by atoms with Gasteiger partial charge in [-0.2, -0.15) is 13.2 Å². The maximum absolute atomic E-state index is 12.2. The lowest BCUT2D eigenvalue weighted by Gasteiger charge is -2.33. The highest BCUT2D eigenvalue weighted by Crippen LogP contribution is 2.25. The number of hydrogen-bond acceptors (Lipinski definition) is 3. The van der Waals surface area contributed by atoms with Crippen molar-refractivity contribution in [2.75, 3.05) is 26.2 Å². The van der Waals surface area contributed by atoms with E-state index in [1.165, 1.54) is 4.90 Å². The van der Waals surface area contributed by atoms with Crippen LogP contribution in [-0.4, -0.2) is 54.5 Å². The molecule has 2 N–H and O–H groups in total. The van der Waals surface area contributed by atoms with Gasteiger partial charge in [-0.25, -0.2) is 0 Å². The summed E-state index contributed by atoms with van der Waals surface area (Å²) in [4.78, 5) is 1.47. The second kappa shape index (κ2) is 6.41. The predicted octanol–water partition coefficient (Wildman–Crippen LogP) is 1.76. The minimum atomic E-state index is -4.09. The molecule has 112 valence electrons. The average Bonchev–Trinajstić information content (AvgIpc) is 2.72. The van der Waals surface area contributed by atoms with Crippen LogP contribution in [0.15, 0.2) is 0 Å². The zero-order chi connectivity index (χ0) is 13.9. The van der Waals surface area contributed by atoms with E-state index in [2.05, 4.69) is 5.32 Å². The molecule has 0 radical (unpaired) electrons. The molecule has 19 heavy (non-hydrogen) atoms. The first-order chi connectivity index (χ1) is 8.94. The number of nitrogens with zero attached hydrogens (tertiary/aromatic N) is 1. The van der Waals surface area contributed by atoms with E-state index in [-0.39, 0.29) is 6.10 Å². The van der Waals surface area contributed by atoms with Crippen molar-refractivity contribution < 1.29 is 18.3 Å². The van der Waals surface area contributed by atoms with Crippen LogP contribution in [0.25, 0.3) is 0 Å². The van der Waals surface area contributed by atoms with Crippen molar-refractivity contribution in [1.29, 1.82) is 0 Å². The first-order valence-corrected chi connectivity index (χ1v) is 7.14. The lowest BCUT2D eigenvalue weighted by molar-refractivity contribution is -0.148. The highest BCUT2D eigenvalue weighted by molar-refractivity contribution is 4.83. The van der Waals surface area contributed by atoms with Gasteiger partial charge >= 0.3 is 6.18 Å². The van der Waals surface area contributed by atoms with E-state index in [0.29, 0.717) is 25.0 Å². The summed E-state index contributed by atoms with van der Waals surface area (Å²) < 4.78 is 36.7. The van der Waals surface area contributed by atoms with Crippen molar-refractivity contribution in [2.45, 2.75) is 50.4 Å². The maximum Gasteiger partial charge on any atom is 0.401 e. The summed E-state index contributed by atoms with van der Waals surface area (Å²) in [5, 5.41) is 13.1. The fourth-order valence-corrected chi connectivity index (χ4v) is 3.12. The largest absolute Gasteiger partial charge is 0.401 e. The van der Waals surface area contributed by atoms with Crippen LogP contribution in [0.3, 0.4) is 0 Å². The summed E-state index contributed by atoms with van der Waals surface area (Å²) in [7, 11) is 0. The highest BCUT2D eigenvalue weighted by atomic mass is 19.4. The van der Waals surface area contributed by atoms with Gasteiger partial charge in [0, 0.05) is 12.6 Å². The number of aliphatic hydroxyl groups is 1. The maximum atomic E-state index is 12.2. The SMILES string of the molecule is OC1CCCC1CNC1CCN(CC(F)(F)F)CC1. The van der Waals surface area contributed by atoms with Gasteiger partial charge in [0.25, 0.3) is 0 Å². The quantitative estimate of drug-likeness (QED) is 0.824. The van der Waals surface area contributed by atoms with E-state index in [1.54, 1.807) is 0 Å². The Labute approximate surface area is 112 Å². The van der Waals surface area contributed by atoms with Crippen LogP contribution in [0, 0.1) is 5.92 Å². The van der Waals surface area contributed by atoms with Gasteiger partial charge in [-0.15, -0.1) is 0 Å². The number of hydrogen-bond donors (Lipinski definition) is 2. The molecular weight excluding hydrogens is 257 g/mol. The normalized spacial score (nSPS) is 30.9. The molecule has 0 aromatic rings. The fourth-order valence-electron chi connectivity index (χ4n) is 3.12. The second-order valence-electron chi connectivity index (χ2n) is 5.83. The summed E-state index contributed by atoms with van der Waals surface area (Å²) in [5.74, 6) is 0.327. The van der Waals surface area contributed by atoms with Gasteiger partial charge in [-0.1, -0.05) is 6.42 Å². The Bertz CT molecular complexity index is 278. The number of halogens is 3. The fraction of sp³-hybridized carbons (Fsp3) is 1.00. The first-order valence-electron chi connectivity index (χ1n) is 7.14. The van der Waals surface area contributed by atoms with E-state index in [0.717, 1.165) is 38.6 Å². The Morgan fingerprint density at radius 3 is 2.32 bits per heavy atom. The zero-order valence-electron chi connectivity index (χ0n) is 11.1. The monoisotopic (exact) mass is 280 g/mol. The van der Waals surface area contributed by atoms with Crippen LogP contribution >= 0.6 is 0 Å². The molecule has 2 fully saturated rings. The molecule has 0 bridgehead atoms. The second-order valence-corrected chi connectivity index (χ2v) is 5.83. The third kappa shape index (κ3) is 4.93. The number of aliphatic hydroxyl groups excluding tert-OH is 1. The Kier molecular flexibility index (Phi) is 5.09. The van der Waals surface area contributed by atoms with Gasteiger partial charge in [0.05, 0.1) is 12.6 Å². The molecule has 1 heterocycles. The van der Waals surface area contributed by atoms with E-state index < -0.39 is 12.7 Å².